The van der Waals surface area contributed by atoms with E-state index in [2.05, 4.69) is 9.97 Å². The van der Waals surface area contributed by atoms with Crippen LogP contribution in [0.25, 0.3) is 0 Å². The average Bonchev–Trinajstić information content (AvgIpc) is 2.56. The number of piperazine rings is 1. The van der Waals surface area contributed by atoms with Crippen molar-refractivity contribution in [3.8, 4) is 0 Å². The standard InChI is InChI=1S/C14H21N5O2/c1-3-18(4-2)14-15-9-12(10-16-14)13(21)19-7-5-17(11-20)6-8-19/h9-11H,3-8H2,1-2H3. The van der Waals surface area contributed by atoms with E-state index in [4.69, 9.17) is 0 Å². The van der Waals surface area contributed by atoms with Crippen LogP contribution < -0.4 is 4.90 Å². The highest BCUT2D eigenvalue weighted by Gasteiger charge is 2.22. The molecule has 1 aromatic rings. The SMILES string of the molecule is CCN(CC)c1ncc(C(=O)N2CCN(C=O)CC2)cn1. The molecule has 0 N–H and O–H groups in total. The lowest BCUT2D eigenvalue weighted by atomic mass is 10.2. The molecule has 0 bridgehead atoms. The van der Waals surface area contributed by atoms with Crippen LogP contribution in [0.1, 0.15) is 24.2 Å². The summed E-state index contributed by atoms with van der Waals surface area (Å²) in [5.41, 5.74) is 0.491. The molecule has 0 atom stereocenters. The maximum absolute atomic E-state index is 12.3. The Hall–Kier alpha value is -2.18. The Balaban J connectivity index is 2.01. The van der Waals surface area contributed by atoms with E-state index in [0.29, 0.717) is 37.7 Å². The van der Waals surface area contributed by atoms with Gasteiger partial charge in [-0.2, -0.15) is 0 Å². The second-order valence-electron chi connectivity index (χ2n) is 4.88. The molecular formula is C14H21N5O2. The molecule has 7 nitrogen and oxygen atoms in total. The summed E-state index contributed by atoms with van der Waals surface area (Å²) >= 11 is 0. The number of carbonyl (C=O) groups is 2. The molecule has 2 amide bonds. The summed E-state index contributed by atoms with van der Waals surface area (Å²) in [6, 6.07) is 0. The summed E-state index contributed by atoms with van der Waals surface area (Å²) in [6.45, 7) is 8.00. The van der Waals surface area contributed by atoms with Gasteiger partial charge in [0.05, 0.1) is 5.56 Å². The van der Waals surface area contributed by atoms with Gasteiger partial charge in [0.15, 0.2) is 0 Å². The van der Waals surface area contributed by atoms with E-state index >= 15 is 0 Å². The number of amides is 2. The lowest BCUT2D eigenvalue weighted by Crippen LogP contribution is -2.48. The zero-order valence-corrected chi connectivity index (χ0v) is 12.5. The summed E-state index contributed by atoms with van der Waals surface area (Å²) in [5.74, 6) is 0.564. The lowest BCUT2D eigenvalue weighted by Gasteiger charge is -2.32. The highest BCUT2D eigenvalue weighted by atomic mass is 16.2. The molecule has 1 saturated heterocycles. The Morgan fingerprint density at radius 3 is 2.24 bits per heavy atom. The van der Waals surface area contributed by atoms with Crippen LogP contribution in [0.4, 0.5) is 5.95 Å². The van der Waals surface area contributed by atoms with Gasteiger partial charge in [0, 0.05) is 51.7 Å². The van der Waals surface area contributed by atoms with Gasteiger partial charge in [-0.15, -0.1) is 0 Å². The number of carbonyl (C=O) groups excluding carboxylic acids is 2. The maximum atomic E-state index is 12.3. The van der Waals surface area contributed by atoms with E-state index in [-0.39, 0.29) is 5.91 Å². The van der Waals surface area contributed by atoms with E-state index in [1.54, 1.807) is 22.2 Å². The van der Waals surface area contributed by atoms with Crippen LogP contribution in [0, 0.1) is 0 Å². The highest BCUT2D eigenvalue weighted by Crippen LogP contribution is 2.10. The van der Waals surface area contributed by atoms with Gasteiger partial charge >= 0.3 is 0 Å². The Labute approximate surface area is 124 Å². The third-order valence-corrected chi connectivity index (χ3v) is 3.68. The van der Waals surface area contributed by atoms with Crippen LogP contribution in [0.15, 0.2) is 12.4 Å². The number of aromatic nitrogens is 2. The van der Waals surface area contributed by atoms with E-state index in [1.807, 2.05) is 18.7 Å². The fraction of sp³-hybridized carbons (Fsp3) is 0.571. The summed E-state index contributed by atoms with van der Waals surface area (Å²) in [5, 5.41) is 0. The quantitative estimate of drug-likeness (QED) is 0.727. The number of hydrogen-bond acceptors (Lipinski definition) is 5. The molecule has 0 saturated carbocycles. The fourth-order valence-electron chi connectivity index (χ4n) is 2.31. The van der Waals surface area contributed by atoms with Crippen LogP contribution >= 0.6 is 0 Å². The van der Waals surface area contributed by atoms with Gasteiger partial charge < -0.3 is 14.7 Å². The Kier molecular flexibility index (Phi) is 5.08. The minimum absolute atomic E-state index is 0.0772. The van der Waals surface area contributed by atoms with Crippen LogP contribution in [-0.4, -0.2) is 71.4 Å². The number of hydrogen-bond donors (Lipinski definition) is 0. The molecule has 0 spiro atoms. The van der Waals surface area contributed by atoms with Gasteiger partial charge in [-0.25, -0.2) is 9.97 Å². The summed E-state index contributed by atoms with van der Waals surface area (Å²) in [7, 11) is 0. The normalized spacial score (nSPS) is 15.0. The molecule has 0 aliphatic carbocycles. The zero-order valence-electron chi connectivity index (χ0n) is 12.5. The number of rotatable bonds is 5. The molecule has 2 rings (SSSR count). The molecule has 2 heterocycles. The first-order valence-corrected chi connectivity index (χ1v) is 7.25. The Bertz CT molecular complexity index is 479. The first-order chi connectivity index (χ1) is 10.2. The maximum Gasteiger partial charge on any atom is 0.257 e. The van der Waals surface area contributed by atoms with Crippen molar-refractivity contribution >= 4 is 18.3 Å². The third-order valence-electron chi connectivity index (χ3n) is 3.68. The van der Waals surface area contributed by atoms with Crippen molar-refractivity contribution in [2.24, 2.45) is 0 Å². The van der Waals surface area contributed by atoms with Crippen molar-refractivity contribution in [3.63, 3.8) is 0 Å². The van der Waals surface area contributed by atoms with Gasteiger partial charge in [-0.3, -0.25) is 9.59 Å². The second kappa shape index (κ2) is 7.01. The number of nitrogens with zero attached hydrogens (tertiary/aromatic N) is 5. The minimum Gasteiger partial charge on any atom is -0.342 e. The summed E-state index contributed by atoms with van der Waals surface area (Å²) in [6.07, 6.45) is 3.98. The van der Waals surface area contributed by atoms with Crippen molar-refractivity contribution in [2.75, 3.05) is 44.2 Å². The summed E-state index contributed by atoms with van der Waals surface area (Å²) < 4.78 is 0. The van der Waals surface area contributed by atoms with E-state index in [0.717, 1.165) is 19.5 Å². The largest absolute Gasteiger partial charge is 0.342 e. The zero-order chi connectivity index (χ0) is 15.2. The number of anilines is 1. The predicted molar refractivity (Wildman–Crippen MR) is 79.1 cm³/mol. The molecule has 0 radical (unpaired) electrons. The van der Waals surface area contributed by atoms with Gasteiger partial charge in [0.25, 0.3) is 5.91 Å². The average molecular weight is 291 g/mol. The Morgan fingerprint density at radius 1 is 1.19 bits per heavy atom. The molecule has 114 valence electrons. The van der Waals surface area contributed by atoms with Crippen molar-refractivity contribution in [3.05, 3.63) is 18.0 Å². The minimum atomic E-state index is -0.0772. The van der Waals surface area contributed by atoms with E-state index in [1.165, 1.54) is 0 Å². The van der Waals surface area contributed by atoms with Gasteiger partial charge in [-0.1, -0.05) is 0 Å². The van der Waals surface area contributed by atoms with Crippen LogP contribution in [0.3, 0.4) is 0 Å². The molecule has 1 aliphatic heterocycles. The molecular weight excluding hydrogens is 270 g/mol. The van der Waals surface area contributed by atoms with Crippen LogP contribution in [0.2, 0.25) is 0 Å². The van der Waals surface area contributed by atoms with E-state index in [9.17, 15) is 9.59 Å². The molecule has 0 aromatic carbocycles. The molecule has 1 aromatic heterocycles. The fourth-order valence-corrected chi connectivity index (χ4v) is 2.31. The smallest absolute Gasteiger partial charge is 0.257 e. The van der Waals surface area contributed by atoms with Gasteiger partial charge in [-0.05, 0) is 13.8 Å². The van der Waals surface area contributed by atoms with Crippen LogP contribution in [0.5, 0.6) is 0 Å². The molecule has 7 heteroatoms. The molecule has 0 unspecified atom stereocenters. The molecule has 1 aliphatic rings. The molecule has 21 heavy (non-hydrogen) atoms. The van der Waals surface area contributed by atoms with Crippen molar-refractivity contribution in [1.82, 2.24) is 19.8 Å². The van der Waals surface area contributed by atoms with Crippen molar-refractivity contribution < 1.29 is 9.59 Å². The van der Waals surface area contributed by atoms with Gasteiger partial charge in [0.2, 0.25) is 12.4 Å². The monoisotopic (exact) mass is 291 g/mol. The summed E-state index contributed by atoms with van der Waals surface area (Å²) in [4.78, 5) is 37.0. The third kappa shape index (κ3) is 3.48. The predicted octanol–water partition coefficient (Wildman–Crippen LogP) is 0.237. The van der Waals surface area contributed by atoms with Crippen molar-refractivity contribution in [1.29, 1.82) is 0 Å². The first-order valence-electron chi connectivity index (χ1n) is 7.25. The topological polar surface area (TPSA) is 69.6 Å². The van der Waals surface area contributed by atoms with Gasteiger partial charge in [0.1, 0.15) is 0 Å². The second-order valence-corrected chi connectivity index (χ2v) is 4.88. The molecule has 1 fully saturated rings. The van der Waals surface area contributed by atoms with Crippen molar-refractivity contribution in [2.45, 2.75) is 13.8 Å². The Morgan fingerprint density at radius 2 is 1.76 bits per heavy atom. The first kappa shape index (κ1) is 15.2. The van der Waals surface area contributed by atoms with Crippen LogP contribution in [-0.2, 0) is 4.79 Å². The highest BCUT2D eigenvalue weighted by molar-refractivity contribution is 5.93. The lowest BCUT2D eigenvalue weighted by molar-refractivity contribution is -0.119. The van der Waals surface area contributed by atoms with E-state index < -0.39 is 0 Å².